The fourth-order valence-electron chi connectivity index (χ4n) is 2.73. The second-order valence-corrected chi connectivity index (χ2v) is 7.15. The molecule has 1 fully saturated rings. The largest absolute Gasteiger partial charge is 0.497 e. The van der Waals surface area contributed by atoms with Crippen LogP contribution in [0, 0.1) is 0 Å². The van der Waals surface area contributed by atoms with Gasteiger partial charge in [-0.1, -0.05) is 0 Å². The highest BCUT2D eigenvalue weighted by molar-refractivity contribution is 8.18. The topological polar surface area (TPSA) is 94.2 Å². The molecule has 1 aliphatic rings. The number of amides is 3. The lowest BCUT2D eigenvalue weighted by Gasteiger charge is -2.12. The van der Waals surface area contributed by atoms with E-state index >= 15 is 0 Å². The molecule has 3 rings (SSSR count). The van der Waals surface area contributed by atoms with Gasteiger partial charge in [-0.2, -0.15) is 0 Å². The van der Waals surface area contributed by atoms with Crippen LogP contribution in [0.25, 0.3) is 6.08 Å². The van der Waals surface area contributed by atoms with Crippen LogP contribution in [-0.4, -0.2) is 49.8 Å². The van der Waals surface area contributed by atoms with Crippen molar-refractivity contribution < 1.29 is 28.6 Å². The molecule has 8 nitrogen and oxygen atoms in total. The number of benzene rings is 2. The predicted molar refractivity (Wildman–Crippen MR) is 114 cm³/mol. The highest BCUT2D eigenvalue weighted by atomic mass is 32.2. The highest BCUT2D eigenvalue weighted by Gasteiger charge is 2.36. The Morgan fingerprint density at radius 1 is 1.00 bits per heavy atom. The highest BCUT2D eigenvalue weighted by Crippen LogP contribution is 2.35. The first kappa shape index (κ1) is 21.3. The molecule has 0 spiro atoms. The SMILES string of the molecule is COc1ccc(NC(=O)CN2C(=O)S/C(=C/c3ccc(OC)cc3OC)C2=O)cc1. The molecule has 0 aliphatic carbocycles. The van der Waals surface area contributed by atoms with Crippen molar-refractivity contribution in [2.45, 2.75) is 0 Å². The smallest absolute Gasteiger partial charge is 0.294 e. The van der Waals surface area contributed by atoms with Crippen LogP contribution < -0.4 is 19.5 Å². The number of methoxy groups -OCH3 is 3. The molecule has 156 valence electrons. The van der Waals surface area contributed by atoms with E-state index in [1.807, 2.05) is 0 Å². The Bertz CT molecular complexity index is 1000. The number of rotatable bonds is 7. The third-order valence-corrected chi connectivity index (χ3v) is 5.18. The van der Waals surface area contributed by atoms with Gasteiger partial charge < -0.3 is 19.5 Å². The van der Waals surface area contributed by atoms with Gasteiger partial charge in [0.05, 0.1) is 26.2 Å². The van der Waals surface area contributed by atoms with Gasteiger partial charge in [-0.3, -0.25) is 19.3 Å². The van der Waals surface area contributed by atoms with Gasteiger partial charge in [0, 0.05) is 17.3 Å². The molecule has 0 radical (unpaired) electrons. The Morgan fingerprint density at radius 3 is 2.30 bits per heavy atom. The summed E-state index contributed by atoms with van der Waals surface area (Å²) in [5.74, 6) is 0.738. The summed E-state index contributed by atoms with van der Waals surface area (Å²) < 4.78 is 15.5. The quantitative estimate of drug-likeness (QED) is 0.676. The zero-order chi connectivity index (χ0) is 21.7. The first-order valence-corrected chi connectivity index (χ1v) is 9.68. The molecular formula is C21H20N2O6S. The molecule has 1 heterocycles. The minimum Gasteiger partial charge on any atom is -0.497 e. The van der Waals surface area contributed by atoms with Crippen molar-refractivity contribution >= 4 is 40.6 Å². The Kier molecular flexibility index (Phi) is 6.63. The standard InChI is InChI=1S/C21H20N2O6S/c1-27-15-8-5-14(6-9-15)22-19(24)12-23-20(25)18(30-21(23)26)10-13-4-7-16(28-2)11-17(13)29-3/h4-11H,12H2,1-3H3,(H,22,24)/b18-10+. The van der Waals surface area contributed by atoms with Crippen molar-refractivity contribution in [1.82, 2.24) is 4.90 Å². The number of hydrogen-bond donors (Lipinski definition) is 1. The fourth-order valence-corrected chi connectivity index (χ4v) is 3.56. The molecule has 0 bridgehead atoms. The zero-order valence-electron chi connectivity index (χ0n) is 16.6. The monoisotopic (exact) mass is 428 g/mol. The Balaban J connectivity index is 1.71. The van der Waals surface area contributed by atoms with E-state index in [4.69, 9.17) is 14.2 Å². The van der Waals surface area contributed by atoms with Crippen LogP contribution in [0.4, 0.5) is 10.5 Å². The third kappa shape index (κ3) is 4.74. The van der Waals surface area contributed by atoms with E-state index in [2.05, 4.69) is 5.32 Å². The van der Waals surface area contributed by atoms with Gasteiger partial charge >= 0.3 is 0 Å². The van der Waals surface area contributed by atoms with Crippen LogP contribution in [-0.2, 0) is 9.59 Å². The van der Waals surface area contributed by atoms with Gasteiger partial charge in [-0.25, -0.2) is 0 Å². The lowest BCUT2D eigenvalue weighted by atomic mass is 10.1. The third-order valence-electron chi connectivity index (χ3n) is 4.28. The second-order valence-electron chi connectivity index (χ2n) is 6.15. The molecule has 0 unspecified atom stereocenters. The van der Waals surface area contributed by atoms with Crippen molar-refractivity contribution in [1.29, 1.82) is 0 Å². The van der Waals surface area contributed by atoms with E-state index in [1.54, 1.807) is 55.7 Å². The molecule has 9 heteroatoms. The number of hydrogen-bond acceptors (Lipinski definition) is 7. The van der Waals surface area contributed by atoms with Gasteiger partial charge in [0.15, 0.2) is 0 Å². The summed E-state index contributed by atoms with van der Waals surface area (Å²) in [5.41, 5.74) is 1.15. The molecule has 0 saturated carbocycles. The maximum Gasteiger partial charge on any atom is 0.294 e. The first-order chi connectivity index (χ1) is 14.4. The van der Waals surface area contributed by atoms with Gasteiger partial charge in [0.1, 0.15) is 23.8 Å². The van der Waals surface area contributed by atoms with Crippen molar-refractivity contribution in [3.05, 3.63) is 52.9 Å². The van der Waals surface area contributed by atoms with E-state index in [-0.39, 0.29) is 11.4 Å². The number of ether oxygens (including phenoxy) is 3. The molecule has 30 heavy (non-hydrogen) atoms. The minimum atomic E-state index is -0.534. The first-order valence-electron chi connectivity index (χ1n) is 8.86. The van der Waals surface area contributed by atoms with Crippen molar-refractivity contribution in [2.24, 2.45) is 0 Å². The summed E-state index contributed by atoms with van der Waals surface area (Å²) >= 11 is 0.774. The van der Waals surface area contributed by atoms with Crippen molar-refractivity contribution in [3.8, 4) is 17.2 Å². The minimum absolute atomic E-state index is 0.209. The second kappa shape index (κ2) is 9.36. The van der Waals surface area contributed by atoms with E-state index in [9.17, 15) is 14.4 Å². The van der Waals surface area contributed by atoms with Gasteiger partial charge in [0.25, 0.3) is 11.1 Å². The molecule has 2 aromatic carbocycles. The Hall–Kier alpha value is -3.46. The van der Waals surface area contributed by atoms with Crippen LogP contribution >= 0.6 is 11.8 Å². The van der Waals surface area contributed by atoms with Crippen LogP contribution in [0.15, 0.2) is 47.4 Å². The summed E-state index contributed by atoms with van der Waals surface area (Å²) in [7, 11) is 4.58. The van der Waals surface area contributed by atoms with E-state index in [0.717, 1.165) is 16.7 Å². The van der Waals surface area contributed by atoms with Crippen molar-refractivity contribution in [2.75, 3.05) is 33.2 Å². The van der Waals surface area contributed by atoms with Crippen LogP contribution in [0.5, 0.6) is 17.2 Å². The predicted octanol–water partition coefficient (Wildman–Crippen LogP) is 3.39. The summed E-state index contributed by atoms with van der Waals surface area (Å²) in [5, 5.41) is 2.14. The van der Waals surface area contributed by atoms with Gasteiger partial charge in [-0.05, 0) is 54.2 Å². The number of nitrogens with one attached hydrogen (secondary N) is 1. The van der Waals surface area contributed by atoms with Gasteiger partial charge in [0.2, 0.25) is 5.91 Å². The molecule has 1 aliphatic heterocycles. The molecular weight excluding hydrogens is 408 g/mol. The van der Waals surface area contributed by atoms with Crippen LogP contribution in [0.2, 0.25) is 0 Å². The molecule has 0 atom stereocenters. The average molecular weight is 428 g/mol. The summed E-state index contributed by atoms with van der Waals surface area (Å²) in [6, 6.07) is 11.9. The van der Waals surface area contributed by atoms with Crippen molar-refractivity contribution in [3.63, 3.8) is 0 Å². The number of thioether (sulfide) groups is 1. The van der Waals surface area contributed by atoms with Crippen LogP contribution in [0.3, 0.4) is 0 Å². The van der Waals surface area contributed by atoms with Crippen LogP contribution in [0.1, 0.15) is 5.56 Å². The van der Waals surface area contributed by atoms with E-state index < -0.39 is 17.1 Å². The van der Waals surface area contributed by atoms with Gasteiger partial charge in [-0.15, -0.1) is 0 Å². The zero-order valence-corrected chi connectivity index (χ0v) is 17.4. The summed E-state index contributed by atoms with van der Waals surface area (Å²) in [6.45, 7) is -0.381. The lowest BCUT2D eigenvalue weighted by Crippen LogP contribution is -2.36. The molecule has 2 aromatic rings. The number of anilines is 1. The number of nitrogens with zero attached hydrogens (tertiary/aromatic N) is 1. The van der Waals surface area contributed by atoms with E-state index in [0.29, 0.717) is 28.5 Å². The number of imide groups is 1. The molecule has 1 saturated heterocycles. The molecule has 0 aromatic heterocycles. The Morgan fingerprint density at radius 2 is 1.67 bits per heavy atom. The average Bonchev–Trinajstić information content (AvgIpc) is 3.01. The molecule has 1 N–H and O–H groups in total. The lowest BCUT2D eigenvalue weighted by molar-refractivity contribution is -0.127. The number of carbonyl (C=O) groups is 3. The Labute approximate surface area is 177 Å². The van der Waals surface area contributed by atoms with E-state index in [1.165, 1.54) is 14.2 Å². The molecule has 3 amide bonds. The maximum absolute atomic E-state index is 12.7. The fraction of sp³-hybridized carbons (Fsp3) is 0.190. The normalized spacial score (nSPS) is 14.8. The summed E-state index contributed by atoms with van der Waals surface area (Å²) in [6.07, 6.45) is 1.56. The number of carbonyl (C=O) groups excluding carboxylic acids is 3. The maximum atomic E-state index is 12.7. The summed E-state index contributed by atoms with van der Waals surface area (Å²) in [4.78, 5) is 38.4.